The van der Waals surface area contributed by atoms with Crippen LogP contribution in [0.5, 0.6) is 5.75 Å². The van der Waals surface area contributed by atoms with Gasteiger partial charge in [0, 0.05) is 12.5 Å². The average Bonchev–Trinajstić information content (AvgIpc) is 2.86. The van der Waals surface area contributed by atoms with Crippen molar-refractivity contribution < 1.29 is 9.84 Å². The summed E-state index contributed by atoms with van der Waals surface area (Å²) in [5.41, 5.74) is 0.816. The van der Waals surface area contributed by atoms with Gasteiger partial charge in [0.05, 0.1) is 17.7 Å². The first-order valence-electron chi connectivity index (χ1n) is 6.42. The highest BCUT2D eigenvalue weighted by Gasteiger charge is 2.15. The van der Waals surface area contributed by atoms with Crippen LogP contribution >= 0.6 is 15.9 Å². The van der Waals surface area contributed by atoms with Crippen molar-refractivity contribution in [3.63, 3.8) is 0 Å². The Balaban J connectivity index is 2.17. The average molecular weight is 340 g/mol. The lowest BCUT2D eigenvalue weighted by atomic mass is 10.1. The highest BCUT2D eigenvalue weighted by atomic mass is 79.9. The van der Waals surface area contributed by atoms with Gasteiger partial charge in [-0.2, -0.15) is 5.10 Å². The molecule has 2 aromatic rings. The van der Waals surface area contributed by atoms with Gasteiger partial charge in [0.1, 0.15) is 17.9 Å². The second-order valence-corrected chi connectivity index (χ2v) is 5.68. The van der Waals surface area contributed by atoms with E-state index in [4.69, 9.17) is 4.74 Å². The van der Waals surface area contributed by atoms with Gasteiger partial charge in [-0.1, -0.05) is 6.07 Å². The van der Waals surface area contributed by atoms with E-state index in [2.05, 4.69) is 26.0 Å². The first-order valence-corrected chi connectivity index (χ1v) is 7.22. The second kappa shape index (κ2) is 6.37. The lowest BCUT2D eigenvalue weighted by Crippen LogP contribution is -2.12. The first-order chi connectivity index (χ1) is 9.52. The molecule has 108 valence electrons. The predicted molar refractivity (Wildman–Crippen MR) is 79.8 cm³/mol. The van der Waals surface area contributed by atoms with Crippen LogP contribution in [0.2, 0.25) is 0 Å². The van der Waals surface area contributed by atoms with E-state index in [1.54, 1.807) is 7.11 Å². The van der Waals surface area contributed by atoms with Crippen LogP contribution in [0.4, 0.5) is 0 Å². The summed E-state index contributed by atoms with van der Waals surface area (Å²) in [5.74, 6) is 1.52. The van der Waals surface area contributed by atoms with Gasteiger partial charge in [0.15, 0.2) is 0 Å². The van der Waals surface area contributed by atoms with Gasteiger partial charge in [0.25, 0.3) is 0 Å². The van der Waals surface area contributed by atoms with E-state index in [0.717, 1.165) is 21.6 Å². The number of ether oxygens (including phenoxy) is 1. The Hall–Kier alpha value is -1.40. The molecule has 0 bridgehead atoms. The number of hydrogen-bond donors (Lipinski definition) is 1. The summed E-state index contributed by atoms with van der Waals surface area (Å²) in [6.07, 6.45) is 1.32. The Kier molecular flexibility index (Phi) is 4.77. The fourth-order valence-corrected chi connectivity index (χ4v) is 2.59. The Morgan fingerprint density at radius 2 is 2.15 bits per heavy atom. The van der Waals surface area contributed by atoms with Crippen LogP contribution < -0.4 is 4.74 Å². The molecular formula is C14H18BrN3O2. The van der Waals surface area contributed by atoms with Gasteiger partial charge >= 0.3 is 0 Å². The van der Waals surface area contributed by atoms with E-state index in [1.807, 2.05) is 36.7 Å². The standard InChI is InChI=1S/C14H18BrN3O2/c1-9(2)18-14(16-8-17-18)7-12(19)10-4-5-13(20-3)11(15)6-10/h4-6,8-9,12,19H,7H2,1-3H3. The van der Waals surface area contributed by atoms with E-state index < -0.39 is 6.10 Å². The van der Waals surface area contributed by atoms with Gasteiger partial charge in [0.2, 0.25) is 0 Å². The molecule has 0 amide bonds. The zero-order chi connectivity index (χ0) is 14.7. The first kappa shape index (κ1) is 15.0. The van der Waals surface area contributed by atoms with Crippen LogP contribution in [0.15, 0.2) is 29.0 Å². The molecule has 0 saturated heterocycles. The maximum Gasteiger partial charge on any atom is 0.138 e. The van der Waals surface area contributed by atoms with E-state index in [-0.39, 0.29) is 6.04 Å². The highest BCUT2D eigenvalue weighted by molar-refractivity contribution is 9.10. The van der Waals surface area contributed by atoms with E-state index in [1.165, 1.54) is 6.33 Å². The van der Waals surface area contributed by atoms with Crippen molar-refractivity contribution in [3.05, 3.63) is 40.4 Å². The molecule has 6 heteroatoms. The molecule has 0 aliphatic rings. The number of aliphatic hydroxyl groups is 1. The van der Waals surface area contributed by atoms with Crippen molar-refractivity contribution in [2.75, 3.05) is 7.11 Å². The minimum Gasteiger partial charge on any atom is -0.496 e. The number of rotatable bonds is 5. The van der Waals surface area contributed by atoms with Crippen LogP contribution in [0.25, 0.3) is 0 Å². The van der Waals surface area contributed by atoms with Crippen molar-refractivity contribution in [2.45, 2.75) is 32.4 Å². The molecule has 5 nitrogen and oxygen atoms in total. The Morgan fingerprint density at radius 1 is 1.40 bits per heavy atom. The Labute approximate surface area is 126 Å². The van der Waals surface area contributed by atoms with E-state index in [0.29, 0.717) is 6.42 Å². The Bertz CT molecular complexity index is 584. The van der Waals surface area contributed by atoms with E-state index >= 15 is 0 Å². The SMILES string of the molecule is COc1ccc(C(O)Cc2ncnn2C(C)C)cc1Br. The molecule has 1 atom stereocenters. The smallest absolute Gasteiger partial charge is 0.138 e. The summed E-state index contributed by atoms with van der Waals surface area (Å²) < 4.78 is 7.82. The summed E-state index contributed by atoms with van der Waals surface area (Å²) in [7, 11) is 1.61. The minimum absolute atomic E-state index is 0.224. The van der Waals surface area contributed by atoms with Crippen molar-refractivity contribution in [1.82, 2.24) is 14.8 Å². The van der Waals surface area contributed by atoms with Crippen molar-refractivity contribution in [3.8, 4) is 5.75 Å². The number of benzene rings is 1. The zero-order valence-corrected chi connectivity index (χ0v) is 13.3. The van der Waals surface area contributed by atoms with E-state index in [9.17, 15) is 5.11 Å². The molecule has 0 radical (unpaired) electrons. The third-order valence-corrected chi connectivity index (χ3v) is 3.69. The molecule has 1 unspecified atom stereocenters. The Morgan fingerprint density at radius 3 is 2.75 bits per heavy atom. The van der Waals surface area contributed by atoms with Gasteiger partial charge in [-0.05, 0) is 47.5 Å². The van der Waals surface area contributed by atoms with Gasteiger partial charge in [-0.15, -0.1) is 0 Å². The summed E-state index contributed by atoms with van der Waals surface area (Å²) in [4.78, 5) is 4.21. The molecule has 0 aliphatic carbocycles. The lowest BCUT2D eigenvalue weighted by molar-refractivity contribution is 0.173. The highest BCUT2D eigenvalue weighted by Crippen LogP contribution is 2.29. The summed E-state index contributed by atoms with van der Waals surface area (Å²) >= 11 is 3.42. The van der Waals surface area contributed by atoms with Gasteiger partial charge in [-0.3, -0.25) is 0 Å². The molecule has 2 rings (SSSR count). The summed E-state index contributed by atoms with van der Waals surface area (Å²) in [6.45, 7) is 4.07. The number of aromatic nitrogens is 3. The topological polar surface area (TPSA) is 60.2 Å². The lowest BCUT2D eigenvalue weighted by Gasteiger charge is -2.14. The minimum atomic E-state index is -0.626. The van der Waals surface area contributed by atoms with Crippen LogP contribution in [0.1, 0.15) is 37.4 Å². The molecule has 20 heavy (non-hydrogen) atoms. The van der Waals surface area contributed by atoms with Crippen LogP contribution in [-0.2, 0) is 6.42 Å². The molecule has 0 spiro atoms. The molecule has 0 aliphatic heterocycles. The number of aliphatic hydroxyl groups excluding tert-OH is 1. The molecular weight excluding hydrogens is 322 g/mol. The number of nitrogens with zero attached hydrogens (tertiary/aromatic N) is 3. The van der Waals surface area contributed by atoms with Crippen LogP contribution in [0.3, 0.4) is 0 Å². The quantitative estimate of drug-likeness (QED) is 0.909. The number of halogens is 1. The third kappa shape index (κ3) is 3.19. The molecule has 1 aromatic carbocycles. The largest absolute Gasteiger partial charge is 0.496 e. The maximum atomic E-state index is 10.3. The molecule has 1 aromatic heterocycles. The molecule has 0 saturated carbocycles. The fourth-order valence-electron chi connectivity index (χ4n) is 2.03. The second-order valence-electron chi connectivity index (χ2n) is 4.83. The third-order valence-electron chi connectivity index (χ3n) is 3.07. The molecule has 1 heterocycles. The van der Waals surface area contributed by atoms with Crippen molar-refractivity contribution in [2.24, 2.45) is 0 Å². The number of hydrogen-bond acceptors (Lipinski definition) is 4. The monoisotopic (exact) mass is 339 g/mol. The molecule has 1 N–H and O–H groups in total. The van der Waals surface area contributed by atoms with Crippen molar-refractivity contribution in [1.29, 1.82) is 0 Å². The maximum absolute atomic E-state index is 10.3. The summed E-state index contributed by atoms with van der Waals surface area (Å²) in [6, 6.07) is 5.77. The fraction of sp³-hybridized carbons (Fsp3) is 0.429. The van der Waals surface area contributed by atoms with Crippen LogP contribution in [-0.4, -0.2) is 27.0 Å². The van der Waals surface area contributed by atoms with Gasteiger partial charge in [-0.25, -0.2) is 9.67 Å². The van der Waals surface area contributed by atoms with Gasteiger partial charge < -0.3 is 9.84 Å². The summed E-state index contributed by atoms with van der Waals surface area (Å²) in [5, 5.41) is 14.5. The predicted octanol–water partition coefficient (Wildman–Crippen LogP) is 2.91. The number of methoxy groups -OCH3 is 1. The van der Waals surface area contributed by atoms with Crippen LogP contribution in [0, 0.1) is 0 Å². The van der Waals surface area contributed by atoms with Crippen molar-refractivity contribution >= 4 is 15.9 Å². The normalized spacial score (nSPS) is 12.7. The molecule has 0 fully saturated rings. The zero-order valence-electron chi connectivity index (χ0n) is 11.7.